The van der Waals surface area contributed by atoms with E-state index in [2.05, 4.69) is 29.6 Å². The van der Waals surface area contributed by atoms with Crippen molar-refractivity contribution in [2.45, 2.75) is 39.2 Å². The summed E-state index contributed by atoms with van der Waals surface area (Å²) in [5.41, 5.74) is 7.72. The molecule has 2 rings (SSSR count). The molecule has 3 N–H and O–H groups in total. The molecule has 0 radical (unpaired) electrons. The Kier molecular flexibility index (Phi) is 3.71. The molecule has 0 saturated carbocycles. The van der Waals surface area contributed by atoms with Gasteiger partial charge in [-0.1, -0.05) is 24.3 Å². The van der Waals surface area contributed by atoms with E-state index in [1.54, 1.807) is 0 Å². The molecule has 0 heterocycles. The highest BCUT2D eigenvalue weighted by Crippen LogP contribution is 2.30. The first kappa shape index (κ1) is 13.1. The number of amides is 1. The third-order valence-corrected chi connectivity index (χ3v) is 3.83. The van der Waals surface area contributed by atoms with Gasteiger partial charge in [-0.05, 0) is 44.2 Å². The molecular formula is C15H22N2O. The maximum atomic E-state index is 11.3. The Bertz CT molecular complexity index is 440. The average Bonchev–Trinajstić information content (AvgIpc) is 2.36. The van der Waals surface area contributed by atoms with E-state index < -0.39 is 5.41 Å². The molecular weight excluding hydrogens is 224 g/mol. The van der Waals surface area contributed by atoms with Crippen LogP contribution in [0.1, 0.15) is 43.9 Å². The van der Waals surface area contributed by atoms with E-state index >= 15 is 0 Å². The second-order valence-electron chi connectivity index (χ2n) is 5.77. The van der Waals surface area contributed by atoms with Gasteiger partial charge in [0.1, 0.15) is 0 Å². The summed E-state index contributed by atoms with van der Waals surface area (Å²) >= 11 is 0. The summed E-state index contributed by atoms with van der Waals surface area (Å²) in [6.07, 6.45) is 3.49. The van der Waals surface area contributed by atoms with Crippen LogP contribution in [0.25, 0.3) is 0 Å². The van der Waals surface area contributed by atoms with Crippen LogP contribution in [0.5, 0.6) is 0 Å². The zero-order valence-electron chi connectivity index (χ0n) is 11.2. The van der Waals surface area contributed by atoms with Crippen molar-refractivity contribution in [3.8, 4) is 0 Å². The molecule has 1 aliphatic rings. The molecule has 1 amide bonds. The molecule has 98 valence electrons. The predicted molar refractivity (Wildman–Crippen MR) is 73.1 cm³/mol. The highest BCUT2D eigenvalue weighted by Gasteiger charge is 2.27. The van der Waals surface area contributed by atoms with Crippen LogP contribution in [0, 0.1) is 5.41 Å². The number of carbonyl (C=O) groups excluding carboxylic acids is 1. The highest BCUT2D eigenvalue weighted by atomic mass is 16.1. The first-order chi connectivity index (χ1) is 8.50. The van der Waals surface area contributed by atoms with Gasteiger partial charge >= 0.3 is 0 Å². The minimum absolute atomic E-state index is 0.251. The molecule has 1 aliphatic carbocycles. The minimum Gasteiger partial charge on any atom is -0.369 e. The van der Waals surface area contributed by atoms with Gasteiger partial charge in [-0.25, -0.2) is 0 Å². The molecule has 0 aliphatic heterocycles. The number of benzene rings is 1. The summed E-state index contributed by atoms with van der Waals surface area (Å²) in [6, 6.07) is 8.91. The molecule has 0 aromatic heterocycles. The first-order valence-corrected chi connectivity index (χ1v) is 6.62. The fourth-order valence-corrected chi connectivity index (χ4v) is 2.43. The number of rotatable bonds is 4. The number of primary amides is 1. The van der Waals surface area contributed by atoms with Crippen molar-refractivity contribution in [1.82, 2.24) is 5.32 Å². The van der Waals surface area contributed by atoms with E-state index in [1.165, 1.54) is 17.5 Å². The van der Waals surface area contributed by atoms with E-state index in [0.717, 1.165) is 12.8 Å². The van der Waals surface area contributed by atoms with Crippen LogP contribution in [0.3, 0.4) is 0 Å². The standard InChI is InChI=1S/C15H22N2O/c1-15(2,14(16)18)10-17-13-9-5-7-11-6-3-4-8-12(11)13/h3-4,6,8,13,17H,5,7,9-10H2,1-2H3,(H2,16,18)/t13-/m0/s1. The number of hydrogen-bond acceptors (Lipinski definition) is 2. The topological polar surface area (TPSA) is 55.1 Å². The van der Waals surface area contributed by atoms with Crippen LogP contribution in [0.2, 0.25) is 0 Å². The van der Waals surface area contributed by atoms with Crippen molar-refractivity contribution < 1.29 is 4.79 Å². The summed E-state index contributed by atoms with van der Waals surface area (Å²) in [7, 11) is 0. The van der Waals surface area contributed by atoms with Crippen molar-refractivity contribution in [1.29, 1.82) is 0 Å². The molecule has 1 aromatic rings. The molecule has 0 saturated heterocycles. The highest BCUT2D eigenvalue weighted by molar-refractivity contribution is 5.80. The summed E-state index contributed by atoms with van der Waals surface area (Å²) in [6.45, 7) is 4.40. The fraction of sp³-hybridized carbons (Fsp3) is 0.533. The van der Waals surface area contributed by atoms with Gasteiger partial charge in [-0.3, -0.25) is 4.79 Å². The lowest BCUT2D eigenvalue weighted by molar-refractivity contribution is -0.125. The second kappa shape index (κ2) is 5.11. The largest absolute Gasteiger partial charge is 0.369 e. The van der Waals surface area contributed by atoms with Crippen LogP contribution in [-0.2, 0) is 11.2 Å². The SMILES string of the molecule is CC(C)(CN[C@H]1CCCc2ccccc21)C(N)=O. The lowest BCUT2D eigenvalue weighted by atomic mass is 9.86. The molecule has 1 atom stereocenters. The number of nitrogens with two attached hydrogens (primary N) is 1. The van der Waals surface area contributed by atoms with Gasteiger partial charge in [-0.2, -0.15) is 0 Å². The zero-order chi connectivity index (χ0) is 13.2. The summed E-state index contributed by atoms with van der Waals surface area (Å²) in [5, 5.41) is 3.50. The van der Waals surface area contributed by atoms with Crippen LogP contribution >= 0.6 is 0 Å². The first-order valence-electron chi connectivity index (χ1n) is 6.62. The number of carbonyl (C=O) groups is 1. The molecule has 1 aromatic carbocycles. The third-order valence-electron chi connectivity index (χ3n) is 3.83. The Morgan fingerprint density at radius 3 is 2.89 bits per heavy atom. The van der Waals surface area contributed by atoms with E-state index in [1.807, 2.05) is 13.8 Å². The van der Waals surface area contributed by atoms with Crippen molar-refractivity contribution in [2.75, 3.05) is 6.54 Å². The Labute approximate surface area is 109 Å². The van der Waals surface area contributed by atoms with E-state index in [9.17, 15) is 4.79 Å². The monoisotopic (exact) mass is 246 g/mol. The average molecular weight is 246 g/mol. The van der Waals surface area contributed by atoms with Gasteiger partial charge in [0.25, 0.3) is 0 Å². The third kappa shape index (κ3) is 2.72. The molecule has 0 spiro atoms. The molecule has 3 heteroatoms. The van der Waals surface area contributed by atoms with Gasteiger partial charge < -0.3 is 11.1 Å². The van der Waals surface area contributed by atoms with E-state index in [-0.39, 0.29) is 5.91 Å². The van der Waals surface area contributed by atoms with E-state index in [0.29, 0.717) is 12.6 Å². The molecule has 0 bridgehead atoms. The molecule has 3 nitrogen and oxygen atoms in total. The van der Waals surface area contributed by atoms with Crippen molar-refractivity contribution in [2.24, 2.45) is 11.1 Å². The maximum absolute atomic E-state index is 11.3. The Hall–Kier alpha value is -1.35. The number of fused-ring (bicyclic) bond motifs is 1. The lowest BCUT2D eigenvalue weighted by Crippen LogP contribution is -2.42. The smallest absolute Gasteiger partial charge is 0.224 e. The Balaban J connectivity index is 2.06. The lowest BCUT2D eigenvalue weighted by Gasteiger charge is -2.30. The van der Waals surface area contributed by atoms with Gasteiger partial charge in [0.2, 0.25) is 5.91 Å². The summed E-state index contributed by atoms with van der Waals surface area (Å²) in [5.74, 6) is -0.251. The number of aryl methyl sites for hydroxylation is 1. The van der Waals surface area contributed by atoms with Gasteiger partial charge in [0.05, 0.1) is 5.41 Å². The normalized spacial score (nSPS) is 19.3. The summed E-state index contributed by atoms with van der Waals surface area (Å²) < 4.78 is 0. The Morgan fingerprint density at radius 1 is 1.44 bits per heavy atom. The number of hydrogen-bond donors (Lipinski definition) is 2. The molecule has 0 unspecified atom stereocenters. The van der Waals surface area contributed by atoms with Crippen molar-refractivity contribution in [3.05, 3.63) is 35.4 Å². The van der Waals surface area contributed by atoms with Crippen molar-refractivity contribution >= 4 is 5.91 Å². The Morgan fingerprint density at radius 2 is 2.17 bits per heavy atom. The van der Waals surface area contributed by atoms with Crippen LogP contribution in [0.4, 0.5) is 0 Å². The van der Waals surface area contributed by atoms with E-state index in [4.69, 9.17) is 5.73 Å². The van der Waals surface area contributed by atoms with Crippen LogP contribution < -0.4 is 11.1 Å². The fourth-order valence-electron chi connectivity index (χ4n) is 2.43. The molecule has 0 fully saturated rings. The molecule has 18 heavy (non-hydrogen) atoms. The van der Waals surface area contributed by atoms with Gasteiger partial charge in [0, 0.05) is 12.6 Å². The van der Waals surface area contributed by atoms with Gasteiger partial charge in [0.15, 0.2) is 0 Å². The van der Waals surface area contributed by atoms with Gasteiger partial charge in [-0.15, -0.1) is 0 Å². The predicted octanol–water partition coefficient (Wildman–Crippen LogP) is 2.17. The van der Waals surface area contributed by atoms with Crippen LogP contribution in [-0.4, -0.2) is 12.5 Å². The minimum atomic E-state index is -0.494. The van der Waals surface area contributed by atoms with Crippen LogP contribution in [0.15, 0.2) is 24.3 Å². The zero-order valence-corrected chi connectivity index (χ0v) is 11.2. The quantitative estimate of drug-likeness (QED) is 0.855. The second-order valence-corrected chi connectivity index (χ2v) is 5.77. The maximum Gasteiger partial charge on any atom is 0.224 e. The number of nitrogens with one attached hydrogen (secondary N) is 1. The summed E-state index contributed by atoms with van der Waals surface area (Å²) in [4.78, 5) is 11.3. The van der Waals surface area contributed by atoms with Crippen molar-refractivity contribution in [3.63, 3.8) is 0 Å².